The van der Waals surface area contributed by atoms with E-state index in [0.29, 0.717) is 16.4 Å². The Hall–Kier alpha value is -3.58. The van der Waals surface area contributed by atoms with Gasteiger partial charge < -0.3 is 15.4 Å². The minimum absolute atomic E-state index is 0.253. The number of hydrogen-bond acceptors (Lipinski definition) is 4. The molecule has 2 aromatic carbocycles. The summed E-state index contributed by atoms with van der Waals surface area (Å²) in [6.45, 7) is 1.93. The number of aromatic hydroxyl groups is 1. The lowest BCUT2D eigenvalue weighted by Gasteiger charge is -2.08. The maximum atomic E-state index is 12.6. The first-order valence-electron chi connectivity index (χ1n) is 8.41. The number of aromatic amines is 1. The highest BCUT2D eigenvalue weighted by Crippen LogP contribution is 2.27. The molecule has 0 fully saturated rings. The number of aryl methyl sites for hydroxylation is 1. The van der Waals surface area contributed by atoms with Gasteiger partial charge in [0, 0.05) is 10.7 Å². The van der Waals surface area contributed by atoms with Gasteiger partial charge >= 0.3 is 0 Å². The van der Waals surface area contributed by atoms with E-state index in [1.807, 2.05) is 19.1 Å². The van der Waals surface area contributed by atoms with Crippen molar-refractivity contribution in [2.45, 2.75) is 6.92 Å². The van der Waals surface area contributed by atoms with Gasteiger partial charge in [0.1, 0.15) is 17.0 Å². The van der Waals surface area contributed by atoms with E-state index in [9.17, 15) is 14.7 Å². The third kappa shape index (κ3) is 3.12. The van der Waals surface area contributed by atoms with Crippen LogP contribution in [0.1, 0.15) is 15.9 Å². The summed E-state index contributed by atoms with van der Waals surface area (Å²) >= 11 is 5.90. The van der Waals surface area contributed by atoms with Crippen molar-refractivity contribution in [3.8, 4) is 11.4 Å². The number of anilines is 1. The second-order valence-corrected chi connectivity index (χ2v) is 6.73. The number of halogens is 1. The first-order chi connectivity index (χ1) is 13.4. The summed E-state index contributed by atoms with van der Waals surface area (Å²) in [4.78, 5) is 27.7. The smallest absolute Gasteiger partial charge is 0.266 e. The molecule has 0 aliphatic rings. The third-order valence-electron chi connectivity index (χ3n) is 4.33. The third-order valence-corrected chi connectivity index (χ3v) is 4.58. The van der Waals surface area contributed by atoms with Gasteiger partial charge in [0.2, 0.25) is 0 Å². The van der Waals surface area contributed by atoms with Gasteiger partial charge in [-0.05, 0) is 43.3 Å². The Morgan fingerprint density at radius 3 is 2.50 bits per heavy atom. The molecule has 0 atom stereocenters. The summed E-state index contributed by atoms with van der Waals surface area (Å²) in [5, 5.41) is 18.2. The van der Waals surface area contributed by atoms with Crippen LogP contribution in [-0.4, -0.2) is 25.8 Å². The van der Waals surface area contributed by atoms with Gasteiger partial charge in [-0.1, -0.05) is 29.3 Å². The molecule has 2 heterocycles. The number of H-pyrrole nitrogens is 1. The van der Waals surface area contributed by atoms with E-state index in [2.05, 4.69) is 15.4 Å². The molecule has 0 saturated carbocycles. The zero-order valence-corrected chi connectivity index (χ0v) is 15.5. The van der Waals surface area contributed by atoms with E-state index in [1.165, 1.54) is 10.9 Å². The lowest BCUT2D eigenvalue weighted by atomic mass is 10.1. The van der Waals surface area contributed by atoms with Gasteiger partial charge in [-0.3, -0.25) is 9.59 Å². The minimum Gasteiger partial charge on any atom is -0.506 e. The van der Waals surface area contributed by atoms with Gasteiger partial charge in [-0.15, -0.1) is 0 Å². The fourth-order valence-electron chi connectivity index (χ4n) is 2.87. The molecule has 0 aliphatic heterocycles. The topological polar surface area (TPSA) is 100 Å². The first-order valence-corrected chi connectivity index (χ1v) is 8.79. The minimum atomic E-state index is -0.717. The zero-order valence-electron chi connectivity index (χ0n) is 14.7. The number of pyridine rings is 1. The van der Waals surface area contributed by atoms with Crippen molar-refractivity contribution in [1.29, 1.82) is 0 Å². The highest BCUT2D eigenvalue weighted by atomic mass is 35.5. The fourth-order valence-corrected chi connectivity index (χ4v) is 3.00. The van der Waals surface area contributed by atoms with Crippen LogP contribution in [-0.2, 0) is 0 Å². The van der Waals surface area contributed by atoms with Crippen LogP contribution in [0.5, 0.6) is 5.75 Å². The second-order valence-electron chi connectivity index (χ2n) is 6.29. The highest BCUT2D eigenvalue weighted by Gasteiger charge is 2.22. The average molecular weight is 395 g/mol. The molecular weight excluding hydrogens is 380 g/mol. The number of nitrogens with zero attached hydrogens (tertiary/aromatic N) is 2. The molecule has 0 spiro atoms. The van der Waals surface area contributed by atoms with E-state index < -0.39 is 17.2 Å². The molecule has 0 saturated heterocycles. The van der Waals surface area contributed by atoms with Crippen LogP contribution in [0.3, 0.4) is 0 Å². The van der Waals surface area contributed by atoms with E-state index in [4.69, 9.17) is 11.6 Å². The lowest BCUT2D eigenvalue weighted by Crippen LogP contribution is -2.23. The Morgan fingerprint density at radius 1 is 1.14 bits per heavy atom. The predicted octanol–water partition coefficient (Wildman–Crippen LogP) is 3.63. The largest absolute Gasteiger partial charge is 0.506 e. The van der Waals surface area contributed by atoms with Crippen LogP contribution in [0.4, 0.5) is 5.69 Å². The number of fused-ring (bicyclic) bond motifs is 1. The van der Waals surface area contributed by atoms with Gasteiger partial charge in [0.15, 0.2) is 0 Å². The van der Waals surface area contributed by atoms with E-state index in [-0.39, 0.29) is 16.6 Å². The lowest BCUT2D eigenvalue weighted by molar-refractivity contribution is 0.102. The maximum absolute atomic E-state index is 12.6. The van der Waals surface area contributed by atoms with Crippen molar-refractivity contribution in [3.63, 3.8) is 0 Å². The zero-order chi connectivity index (χ0) is 19.8. The van der Waals surface area contributed by atoms with Crippen molar-refractivity contribution in [2.24, 2.45) is 0 Å². The van der Waals surface area contributed by atoms with Gasteiger partial charge in [-0.25, -0.2) is 4.68 Å². The van der Waals surface area contributed by atoms with Gasteiger partial charge in [0.25, 0.3) is 11.5 Å². The Balaban J connectivity index is 1.76. The number of nitrogens with one attached hydrogen (secondary N) is 2. The standard InChI is InChI=1S/C20H15ClN4O3/c1-11-2-6-13(7-3-11)23-19(27)16-17(26)15-10-22-25(18(15)24-20(16)28)14-8-4-12(21)5-9-14/h2-10H,1H3,(H,23,27)(H2,24,26,28). The number of aromatic nitrogens is 3. The normalized spacial score (nSPS) is 10.9. The van der Waals surface area contributed by atoms with Crippen LogP contribution >= 0.6 is 11.6 Å². The highest BCUT2D eigenvalue weighted by molar-refractivity contribution is 6.30. The molecule has 7 nitrogen and oxygen atoms in total. The molecule has 140 valence electrons. The Kier molecular flexibility index (Phi) is 4.37. The average Bonchev–Trinajstić information content (AvgIpc) is 3.08. The summed E-state index contributed by atoms with van der Waals surface area (Å²) in [7, 11) is 0. The molecular formula is C20H15ClN4O3. The van der Waals surface area contributed by atoms with Crippen molar-refractivity contribution >= 4 is 34.2 Å². The molecule has 4 rings (SSSR count). The second kappa shape index (κ2) is 6.86. The number of rotatable bonds is 3. The van der Waals surface area contributed by atoms with Gasteiger partial charge in [-0.2, -0.15) is 5.10 Å². The Morgan fingerprint density at radius 2 is 1.82 bits per heavy atom. The summed E-state index contributed by atoms with van der Waals surface area (Å²) < 4.78 is 1.45. The monoisotopic (exact) mass is 394 g/mol. The molecule has 1 amide bonds. The van der Waals surface area contributed by atoms with Crippen molar-refractivity contribution in [1.82, 2.24) is 14.8 Å². The molecule has 4 aromatic rings. The Labute approximate surface area is 164 Å². The molecule has 0 unspecified atom stereocenters. The van der Waals surface area contributed by atoms with Crippen molar-refractivity contribution < 1.29 is 9.90 Å². The van der Waals surface area contributed by atoms with Crippen LogP contribution in [0.15, 0.2) is 59.5 Å². The SMILES string of the molecule is Cc1ccc(NC(=O)c2c(O)c3cnn(-c4ccc(Cl)cc4)c3[nH]c2=O)cc1. The van der Waals surface area contributed by atoms with E-state index in [0.717, 1.165) is 5.56 Å². The first kappa shape index (κ1) is 17.8. The quantitative estimate of drug-likeness (QED) is 0.494. The molecule has 28 heavy (non-hydrogen) atoms. The molecule has 8 heteroatoms. The van der Waals surface area contributed by atoms with Crippen LogP contribution < -0.4 is 10.9 Å². The summed E-state index contributed by atoms with van der Waals surface area (Å²) in [5.41, 5.74) is 1.39. The molecule has 0 radical (unpaired) electrons. The number of carbonyl (C=O) groups excluding carboxylic acids is 1. The van der Waals surface area contributed by atoms with Crippen molar-refractivity contribution in [3.05, 3.63) is 81.2 Å². The fraction of sp³-hybridized carbons (Fsp3) is 0.0500. The van der Waals surface area contributed by atoms with Crippen LogP contribution in [0.25, 0.3) is 16.7 Å². The Bertz CT molecular complexity index is 1240. The maximum Gasteiger partial charge on any atom is 0.266 e. The number of hydrogen-bond donors (Lipinski definition) is 3. The van der Waals surface area contributed by atoms with Crippen LogP contribution in [0, 0.1) is 6.92 Å². The van der Waals surface area contributed by atoms with Gasteiger partial charge in [0.05, 0.1) is 17.3 Å². The number of carbonyl (C=O) groups is 1. The van der Waals surface area contributed by atoms with E-state index >= 15 is 0 Å². The summed E-state index contributed by atoms with van der Waals surface area (Å²) in [5.74, 6) is -1.13. The summed E-state index contributed by atoms with van der Waals surface area (Å²) in [6, 6.07) is 13.9. The molecule has 0 bridgehead atoms. The number of amides is 1. The van der Waals surface area contributed by atoms with Crippen LogP contribution in [0.2, 0.25) is 5.02 Å². The number of benzene rings is 2. The molecule has 0 aliphatic carbocycles. The molecule has 2 aromatic heterocycles. The van der Waals surface area contributed by atoms with E-state index in [1.54, 1.807) is 36.4 Å². The molecule has 3 N–H and O–H groups in total. The van der Waals surface area contributed by atoms with Crippen molar-refractivity contribution in [2.75, 3.05) is 5.32 Å². The summed E-state index contributed by atoms with van der Waals surface area (Å²) in [6.07, 6.45) is 1.39. The predicted molar refractivity (Wildman–Crippen MR) is 107 cm³/mol.